The number of amides is 1. The summed E-state index contributed by atoms with van der Waals surface area (Å²) in [6.45, 7) is 8.55. The summed E-state index contributed by atoms with van der Waals surface area (Å²) in [4.78, 5) is 24.9. The Balaban J connectivity index is 1.73. The van der Waals surface area contributed by atoms with Gasteiger partial charge in [-0.05, 0) is 67.7 Å². The average Bonchev–Trinajstić information content (AvgIpc) is 3.30. The first-order valence-corrected chi connectivity index (χ1v) is 12.3. The van der Waals surface area contributed by atoms with Crippen molar-refractivity contribution >= 4 is 11.9 Å². The van der Waals surface area contributed by atoms with E-state index in [1.54, 1.807) is 12.1 Å². The Morgan fingerprint density at radius 2 is 1.89 bits per heavy atom. The van der Waals surface area contributed by atoms with Crippen molar-refractivity contribution in [2.24, 2.45) is 0 Å². The van der Waals surface area contributed by atoms with Crippen LogP contribution in [0.5, 0.6) is 5.75 Å². The highest BCUT2D eigenvalue weighted by Crippen LogP contribution is 2.41. The van der Waals surface area contributed by atoms with E-state index in [2.05, 4.69) is 25.2 Å². The third-order valence-electron chi connectivity index (χ3n) is 6.19. The van der Waals surface area contributed by atoms with Gasteiger partial charge in [-0.3, -0.25) is 4.79 Å². The van der Waals surface area contributed by atoms with Gasteiger partial charge in [0.15, 0.2) is 0 Å². The van der Waals surface area contributed by atoms with E-state index in [0.717, 1.165) is 40.0 Å². The Kier molecular flexibility index (Phi) is 9.46. The van der Waals surface area contributed by atoms with Gasteiger partial charge in [0.05, 0.1) is 19.2 Å². The quantitative estimate of drug-likeness (QED) is 0.258. The van der Waals surface area contributed by atoms with Gasteiger partial charge in [-0.25, -0.2) is 4.79 Å². The Labute approximate surface area is 214 Å². The molecular formula is C31H35NO4. The monoisotopic (exact) mass is 485 g/mol. The molecule has 0 bridgehead atoms. The van der Waals surface area contributed by atoms with E-state index in [1.807, 2.05) is 68.5 Å². The lowest BCUT2D eigenvalue weighted by Crippen LogP contribution is -2.33. The topological polar surface area (TPSA) is 64.6 Å². The molecule has 2 aromatic rings. The van der Waals surface area contributed by atoms with Crippen LogP contribution in [0.1, 0.15) is 48.7 Å². The second kappa shape index (κ2) is 12.7. The average molecular weight is 486 g/mol. The fraction of sp³-hybridized carbons (Fsp3) is 0.290. The second-order valence-corrected chi connectivity index (χ2v) is 8.83. The molecule has 0 radical (unpaired) electrons. The van der Waals surface area contributed by atoms with Gasteiger partial charge < -0.3 is 14.8 Å². The van der Waals surface area contributed by atoms with E-state index in [9.17, 15) is 9.59 Å². The fourth-order valence-corrected chi connectivity index (χ4v) is 4.17. The van der Waals surface area contributed by atoms with Crippen molar-refractivity contribution in [1.82, 2.24) is 5.32 Å². The van der Waals surface area contributed by atoms with Crippen LogP contribution in [0.15, 0.2) is 84.0 Å². The largest absolute Gasteiger partial charge is 0.487 e. The zero-order valence-electron chi connectivity index (χ0n) is 21.8. The van der Waals surface area contributed by atoms with Crippen LogP contribution in [-0.2, 0) is 16.0 Å². The van der Waals surface area contributed by atoms with Crippen LogP contribution in [0.4, 0.5) is 0 Å². The van der Waals surface area contributed by atoms with Crippen molar-refractivity contribution in [2.45, 2.75) is 46.6 Å². The zero-order valence-corrected chi connectivity index (χ0v) is 21.8. The molecule has 5 heteroatoms. The Bertz CT molecular complexity index is 1230. The third-order valence-corrected chi connectivity index (χ3v) is 6.19. The predicted octanol–water partition coefficient (Wildman–Crippen LogP) is 6.28. The van der Waals surface area contributed by atoms with Crippen LogP contribution in [0, 0.1) is 6.92 Å². The summed E-state index contributed by atoms with van der Waals surface area (Å²) >= 11 is 0. The molecule has 1 amide bonds. The molecule has 1 N–H and O–H groups in total. The number of esters is 1. The maximum absolute atomic E-state index is 12.5. The molecule has 0 aromatic heterocycles. The number of ether oxygens (including phenoxy) is 2. The number of methoxy groups -OCH3 is 1. The Morgan fingerprint density at radius 3 is 2.61 bits per heavy atom. The van der Waals surface area contributed by atoms with E-state index >= 15 is 0 Å². The number of allylic oxidation sites excluding steroid dienone is 7. The minimum absolute atomic E-state index is 0.164. The molecule has 0 aliphatic carbocycles. The summed E-state index contributed by atoms with van der Waals surface area (Å²) in [5.74, 6) is 0.203. The molecular weight excluding hydrogens is 450 g/mol. The van der Waals surface area contributed by atoms with Gasteiger partial charge in [-0.15, -0.1) is 0 Å². The second-order valence-electron chi connectivity index (χ2n) is 8.83. The first-order chi connectivity index (χ1) is 17.4. The molecule has 1 heterocycles. The van der Waals surface area contributed by atoms with Crippen molar-refractivity contribution < 1.29 is 19.1 Å². The normalized spacial score (nSPS) is 15.8. The SMILES string of the molecule is CC=CC=CC(C=CC(=O)NCC1Cc2cc(C)cc(-c3ccccc3C(=O)OC)c2O1)=C(C)CC. The number of hydrogen-bond donors (Lipinski definition) is 1. The number of fused-ring (bicyclic) bond motifs is 1. The summed E-state index contributed by atoms with van der Waals surface area (Å²) in [5.41, 5.74) is 6.51. The van der Waals surface area contributed by atoms with Crippen LogP contribution >= 0.6 is 0 Å². The smallest absolute Gasteiger partial charge is 0.338 e. The number of nitrogens with one attached hydrogen (secondary N) is 1. The molecule has 3 rings (SSSR count). The highest BCUT2D eigenvalue weighted by molar-refractivity contribution is 5.98. The van der Waals surface area contributed by atoms with E-state index in [4.69, 9.17) is 9.47 Å². The number of carbonyl (C=O) groups excluding carboxylic acids is 2. The fourth-order valence-electron chi connectivity index (χ4n) is 4.17. The molecule has 0 fully saturated rings. The molecule has 1 atom stereocenters. The molecule has 0 spiro atoms. The third kappa shape index (κ3) is 6.63. The summed E-state index contributed by atoms with van der Waals surface area (Å²) in [6, 6.07) is 11.5. The number of hydrogen-bond acceptors (Lipinski definition) is 4. The van der Waals surface area contributed by atoms with Gasteiger partial charge in [0.1, 0.15) is 11.9 Å². The number of carbonyl (C=O) groups is 2. The van der Waals surface area contributed by atoms with Gasteiger partial charge >= 0.3 is 5.97 Å². The van der Waals surface area contributed by atoms with Crippen molar-refractivity contribution in [2.75, 3.05) is 13.7 Å². The van der Waals surface area contributed by atoms with E-state index in [-0.39, 0.29) is 18.0 Å². The Morgan fingerprint density at radius 1 is 1.11 bits per heavy atom. The summed E-state index contributed by atoms with van der Waals surface area (Å²) in [5, 5.41) is 2.97. The molecule has 0 saturated carbocycles. The minimum Gasteiger partial charge on any atom is -0.487 e. The molecule has 0 saturated heterocycles. The number of aryl methyl sites for hydroxylation is 1. The summed E-state index contributed by atoms with van der Waals surface area (Å²) < 4.78 is 11.3. The van der Waals surface area contributed by atoms with Gasteiger partial charge in [0, 0.05) is 18.1 Å². The summed E-state index contributed by atoms with van der Waals surface area (Å²) in [7, 11) is 1.38. The lowest BCUT2D eigenvalue weighted by atomic mass is 9.94. The van der Waals surface area contributed by atoms with Crippen LogP contribution < -0.4 is 10.1 Å². The van der Waals surface area contributed by atoms with Crippen LogP contribution in [-0.4, -0.2) is 31.6 Å². The van der Waals surface area contributed by atoms with E-state index in [0.29, 0.717) is 18.5 Å². The van der Waals surface area contributed by atoms with Crippen LogP contribution in [0.25, 0.3) is 11.1 Å². The molecule has 36 heavy (non-hydrogen) atoms. The van der Waals surface area contributed by atoms with Crippen molar-refractivity contribution in [1.29, 1.82) is 0 Å². The number of rotatable bonds is 9. The molecule has 1 aliphatic heterocycles. The van der Waals surface area contributed by atoms with Gasteiger partial charge in [-0.1, -0.05) is 61.1 Å². The van der Waals surface area contributed by atoms with Gasteiger partial charge in [0.2, 0.25) is 5.91 Å². The highest BCUT2D eigenvalue weighted by atomic mass is 16.5. The molecule has 188 valence electrons. The minimum atomic E-state index is -0.387. The highest BCUT2D eigenvalue weighted by Gasteiger charge is 2.28. The lowest BCUT2D eigenvalue weighted by Gasteiger charge is -2.15. The van der Waals surface area contributed by atoms with E-state index < -0.39 is 0 Å². The first-order valence-electron chi connectivity index (χ1n) is 12.3. The lowest BCUT2D eigenvalue weighted by molar-refractivity contribution is -0.116. The molecule has 1 unspecified atom stereocenters. The van der Waals surface area contributed by atoms with E-state index in [1.165, 1.54) is 12.7 Å². The predicted molar refractivity (Wildman–Crippen MR) is 145 cm³/mol. The molecule has 5 nitrogen and oxygen atoms in total. The van der Waals surface area contributed by atoms with Gasteiger partial charge in [0.25, 0.3) is 0 Å². The van der Waals surface area contributed by atoms with Crippen molar-refractivity contribution in [3.05, 3.63) is 101 Å². The maximum atomic E-state index is 12.5. The summed E-state index contributed by atoms with van der Waals surface area (Å²) in [6.07, 6.45) is 12.7. The van der Waals surface area contributed by atoms with Gasteiger partial charge in [-0.2, -0.15) is 0 Å². The van der Waals surface area contributed by atoms with Crippen LogP contribution in [0.2, 0.25) is 0 Å². The van der Waals surface area contributed by atoms with Crippen LogP contribution in [0.3, 0.4) is 0 Å². The number of benzene rings is 2. The molecule has 2 aromatic carbocycles. The molecule has 1 aliphatic rings. The van der Waals surface area contributed by atoms with Crippen molar-refractivity contribution in [3.8, 4) is 16.9 Å². The van der Waals surface area contributed by atoms with Crippen molar-refractivity contribution in [3.63, 3.8) is 0 Å². The zero-order chi connectivity index (χ0) is 26.1. The standard InChI is InChI=1S/C31H35NO4/c1-6-8-9-12-23(22(4)7-2)15-16-29(33)32-20-25-19-24-17-21(3)18-28(30(24)36-25)26-13-10-11-14-27(26)31(34)35-5/h6,8-18,25H,7,19-20H2,1-5H3,(H,32,33). The maximum Gasteiger partial charge on any atom is 0.338 e. The Hall–Kier alpha value is -3.86. The first kappa shape index (κ1) is 26.7.